The topological polar surface area (TPSA) is 42.9 Å². The van der Waals surface area contributed by atoms with Crippen LogP contribution in [0.15, 0.2) is 35.9 Å². The SMILES string of the molecule is C/C=C(\C=C(\C)C(=N)CC)c1[nH]c2ccc(C3CCN(CCC(F)(F)F)CC3)cc2c1C(C)C. The highest BCUT2D eigenvalue weighted by atomic mass is 19.4. The highest BCUT2D eigenvalue weighted by Gasteiger charge is 2.29. The first kappa shape index (κ1) is 26.3. The van der Waals surface area contributed by atoms with E-state index in [9.17, 15) is 13.2 Å². The largest absolute Gasteiger partial charge is 0.390 e. The highest BCUT2D eigenvalue weighted by Crippen LogP contribution is 2.37. The molecule has 0 spiro atoms. The standard InChI is InChI=1S/C28H38F3N3/c1-6-20(16-19(5)24(32)7-2)27-26(18(3)4)23-17-22(8-9-25(23)33-27)21-10-13-34(14-11-21)15-12-28(29,30)31/h6,8-9,16-18,21,32-33H,7,10-15H2,1-5H3/b19-16-,20-6+,32-24?. The minimum Gasteiger partial charge on any atom is -0.354 e. The Morgan fingerprint density at radius 3 is 2.47 bits per heavy atom. The van der Waals surface area contributed by atoms with Crippen molar-refractivity contribution >= 4 is 22.2 Å². The molecule has 0 saturated carbocycles. The second kappa shape index (κ2) is 10.9. The summed E-state index contributed by atoms with van der Waals surface area (Å²) < 4.78 is 37.7. The third kappa shape index (κ3) is 6.21. The van der Waals surface area contributed by atoms with E-state index in [0.29, 0.717) is 37.1 Å². The predicted molar refractivity (Wildman–Crippen MR) is 137 cm³/mol. The summed E-state index contributed by atoms with van der Waals surface area (Å²) in [6.07, 6.45) is 1.86. The molecule has 1 saturated heterocycles. The first-order valence-electron chi connectivity index (χ1n) is 12.4. The number of alkyl halides is 3. The zero-order valence-corrected chi connectivity index (χ0v) is 21.1. The van der Waals surface area contributed by atoms with Gasteiger partial charge in [0.15, 0.2) is 0 Å². The molecule has 1 aromatic carbocycles. The Labute approximate surface area is 201 Å². The molecule has 0 amide bonds. The molecule has 1 aliphatic rings. The number of fused-ring (bicyclic) bond motifs is 1. The van der Waals surface area contributed by atoms with Crippen molar-refractivity contribution < 1.29 is 13.2 Å². The molecule has 2 aromatic rings. The van der Waals surface area contributed by atoms with E-state index in [4.69, 9.17) is 5.41 Å². The molecule has 3 rings (SSSR count). The maximum Gasteiger partial charge on any atom is 0.390 e. The van der Waals surface area contributed by atoms with E-state index >= 15 is 0 Å². The molecule has 2 N–H and O–H groups in total. The van der Waals surface area contributed by atoms with Gasteiger partial charge in [0.25, 0.3) is 0 Å². The van der Waals surface area contributed by atoms with E-state index in [-0.39, 0.29) is 6.54 Å². The molecule has 1 fully saturated rings. The van der Waals surface area contributed by atoms with Crippen molar-refractivity contribution in [3.05, 3.63) is 52.7 Å². The first-order chi connectivity index (χ1) is 16.0. The number of hydrogen-bond donors (Lipinski definition) is 2. The van der Waals surface area contributed by atoms with Gasteiger partial charge in [-0.25, -0.2) is 0 Å². The zero-order chi connectivity index (χ0) is 25.0. The summed E-state index contributed by atoms with van der Waals surface area (Å²) in [5.74, 6) is 0.691. The van der Waals surface area contributed by atoms with Gasteiger partial charge in [-0.15, -0.1) is 0 Å². The van der Waals surface area contributed by atoms with Crippen LogP contribution in [0.3, 0.4) is 0 Å². The van der Waals surface area contributed by atoms with Crippen LogP contribution >= 0.6 is 0 Å². The molecule has 1 aliphatic heterocycles. The molecule has 2 heterocycles. The van der Waals surface area contributed by atoms with Gasteiger partial charge in [0.05, 0.1) is 6.42 Å². The maximum absolute atomic E-state index is 12.6. The Hall–Kier alpha value is -2.34. The van der Waals surface area contributed by atoms with Gasteiger partial charge < -0.3 is 15.3 Å². The van der Waals surface area contributed by atoms with Gasteiger partial charge in [-0.2, -0.15) is 13.2 Å². The Morgan fingerprint density at radius 2 is 1.91 bits per heavy atom. The van der Waals surface area contributed by atoms with Gasteiger partial charge in [0.1, 0.15) is 0 Å². The Balaban J connectivity index is 1.87. The van der Waals surface area contributed by atoms with Gasteiger partial charge in [-0.3, -0.25) is 0 Å². The predicted octanol–water partition coefficient (Wildman–Crippen LogP) is 8.20. The minimum absolute atomic E-state index is 0.0997. The number of hydrogen-bond acceptors (Lipinski definition) is 2. The summed E-state index contributed by atoms with van der Waals surface area (Å²) in [6, 6.07) is 6.61. The Kier molecular flexibility index (Phi) is 8.45. The van der Waals surface area contributed by atoms with Crippen molar-refractivity contribution in [3.63, 3.8) is 0 Å². The number of nitrogens with one attached hydrogen (secondary N) is 2. The third-order valence-electron chi connectivity index (χ3n) is 7.01. The van der Waals surface area contributed by atoms with Gasteiger partial charge in [0.2, 0.25) is 0 Å². The lowest BCUT2D eigenvalue weighted by atomic mass is 9.87. The van der Waals surface area contributed by atoms with E-state index in [1.807, 2.05) is 25.7 Å². The van der Waals surface area contributed by atoms with Gasteiger partial charge >= 0.3 is 6.18 Å². The van der Waals surface area contributed by atoms with E-state index in [1.54, 1.807) is 0 Å². The van der Waals surface area contributed by atoms with Crippen molar-refractivity contribution in [2.45, 2.75) is 78.3 Å². The molecule has 6 heteroatoms. The molecule has 0 unspecified atom stereocenters. The average Bonchev–Trinajstić information content (AvgIpc) is 3.19. The second-order valence-corrected chi connectivity index (χ2v) is 9.76. The lowest BCUT2D eigenvalue weighted by Gasteiger charge is -2.32. The molecule has 3 nitrogen and oxygen atoms in total. The number of rotatable bonds is 8. The molecule has 0 radical (unpaired) electrons. The number of aromatic nitrogens is 1. The molecule has 0 aliphatic carbocycles. The molecular formula is C28H38F3N3. The fourth-order valence-corrected chi connectivity index (χ4v) is 4.99. The van der Waals surface area contributed by atoms with Crippen molar-refractivity contribution in [2.75, 3.05) is 19.6 Å². The number of likely N-dealkylation sites (tertiary alicyclic amines) is 1. The summed E-state index contributed by atoms with van der Waals surface area (Å²) in [5, 5.41) is 9.39. The number of nitrogens with zero attached hydrogens (tertiary/aromatic N) is 1. The quantitative estimate of drug-likeness (QED) is 0.294. The van der Waals surface area contributed by atoms with E-state index in [1.165, 1.54) is 16.5 Å². The van der Waals surface area contributed by atoms with Crippen molar-refractivity contribution in [1.29, 1.82) is 5.41 Å². The van der Waals surface area contributed by atoms with Crippen molar-refractivity contribution in [1.82, 2.24) is 9.88 Å². The summed E-state index contributed by atoms with van der Waals surface area (Å²) in [6.45, 7) is 12.0. The van der Waals surface area contributed by atoms with Crippen LogP contribution < -0.4 is 0 Å². The zero-order valence-electron chi connectivity index (χ0n) is 21.1. The van der Waals surface area contributed by atoms with Crippen LogP contribution in [-0.4, -0.2) is 41.4 Å². The van der Waals surface area contributed by atoms with Gasteiger partial charge in [-0.1, -0.05) is 32.9 Å². The highest BCUT2D eigenvalue weighted by molar-refractivity contribution is 6.00. The van der Waals surface area contributed by atoms with Crippen molar-refractivity contribution in [2.24, 2.45) is 0 Å². The summed E-state index contributed by atoms with van der Waals surface area (Å²) >= 11 is 0. The number of aromatic amines is 1. The van der Waals surface area contributed by atoms with Crippen LogP contribution in [0, 0.1) is 5.41 Å². The smallest absolute Gasteiger partial charge is 0.354 e. The lowest BCUT2D eigenvalue weighted by molar-refractivity contribution is -0.138. The normalized spacial score (nSPS) is 17.2. The molecule has 34 heavy (non-hydrogen) atoms. The van der Waals surface area contributed by atoms with Gasteiger partial charge in [0, 0.05) is 28.9 Å². The van der Waals surface area contributed by atoms with Crippen LogP contribution in [-0.2, 0) is 0 Å². The molecule has 0 bridgehead atoms. The average molecular weight is 474 g/mol. The summed E-state index contributed by atoms with van der Waals surface area (Å²) in [7, 11) is 0. The second-order valence-electron chi connectivity index (χ2n) is 9.76. The number of piperidine rings is 1. The summed E-state index contributed by atoms with van der Waals surface area (Å²) in [5.41, 5.74) is 7.47. The molecule has 0 atom stereocenters. The summed E-state index contributed by atoms with van der Waals surface area (Å²) in [4.78, 5) is 5.57. The van der Waals surface area contributed by atoms with Crippen LogP contribution in [0.2, 0.25) is 0 Å². The van der Waals surface area contributed by atoms with E-state index in [0.717, 1.165) is 35.2 Å². The number of H-pyrrole nitrogens is 1. The van der Waals surface area contributed by atoms with E-state index < -0.39 is 12.6 Å². The Morgan fingerprint density at radius 1 is 1.24 bits per heavy atom. The van der Waals surface area contributed by atoms with Crippen molar-refractivity contribution in [3.8, 4) is 0 Å². The molecule has 186 valence electrons. The van der Waals surface area contributed by atoms with Crippen LogP contribution in [0.4, 0.5) is 13.2 Å². The monoisotopic (exact) mass is 473 g/mol. The number of allylic oxidation sites excluding steroid dienone is 4. The fraction of sp³-hybridized carbons (Fsp3) is 0.536. The Bertz CT molecular complexity index is 1060. The van der Waals surface area contributed by atoms with Crippen LogP contribution in [0.1, 0.15) is 89.0 Å². The fourth-order valence-electron chi connectivity index (χ4n) is 4.99. The van der Waals surface area contributed by atoms with E-state index in [2.05, 4.69) is 49.2 Å². The molecular weight excluding hydrogens is 435 g/mol. The molecule has 1 aromatic heterocycles. The lowest BCUT2D eigenvalue weighted by Crippen LogP contribution is -2.35. The number of halogens is 3. The minimum atomic E-state index is -4.09. The maximum atomic E-state index is 12.6. The van der Waals surface area contributed by atoms with Gasteiger partial charge in [-0.05, 0) is 98.5 Å². The third-order valence-corrected chi connectivity index (χ3v) is 7.01. The van der Waals surface area contributed by atoms with Crippen LogP contribution in [0.25, 0.3) is 16.5 Å². The van der Waals surface area contributed by atoms with Crippen LogP contribution in [0.5, 0.6) is 0 Å². The first-order valence-corrected chi connectivity index (χ1v) is 12.4. The number of benzene rings is 1.